The molecule has 0 heterocycles. The van der Waals surface area contributed by atoms with Crippen LogP contribution in [0.1, 0.15) is 0 Å². The average Bonchev–Trinajstić information content (AvgIpc) is 1.41. The molecule has 7 heavy (non-hydrogen) atoms. The zero-order chi connectivity index (χ0) is 5.58. The first-order valence-corrected chi connectivity index (χ1v) is 4.95. The molecule has 0 unspecified atom stereocenters. The molecule has 0 aromatic carbocycles. The van der Waals surface area contributed by atoms with Crippen molar-refractivity contribution in [3.8, 4) is 0 Å². The molecule has 0 aliphatic carbocycles. The molecule has 0 fully saturated rings. The van der Waals surface area contributed by atoms with E-state index in [0.717, 1.165) is 0 Å². The van der Waals surface area contributed by atoms with Gasteiger partial charge in [-0.2, -0.15) is 0 Å². The van der Waals surface area contributed by atoms with Crippen LogP contribution in [-0.2, 0) is 4.46 Å². The zero-order valence-corrected chi connectivity index (χ0v) is 6.80. The van der Waals surface area contributed by atoms with Gasteiger partial charge in [-0.05, 0) is 0 Å². The van der Waals surface area contributed by atoms with Crippen LogP contribution in [0.15, 0.2) is 0 Å². The summed E-state index contributed by atoms with van der Waals surface area (Å²) in [7, 11) is -3.13. The van der Waals surface area contributed by atoms with Gasteiger partial charge < -0.3 is 9.59 Å². The zero-order valence-electron chi connectivity index (χ0n) is 3.80. The molecule has 0 radical (unpaired) electrons. The third-order valence-corrected chi connectivity index (χ3v) is 0. The Morgan fingerprint density at radius 1 is 1.43 bits per heavy atom. The minimum absolute atomic E-state index is 0. The van der Waals surface area contributed by atoms with Crippen molar-refractivity contribution in [3.05, 3.63) is 0 Å². The Morgan fingerprint density at radius 2 is 1.43 bits per heavy atom. The van der Waals surface area contributed by atoms with Gasteiger partial charge in [-0.25, -0.2) is 0 Å². The van der Waals surface area contributed by atoms with Gasteiger partial charge in [0.15, 0.2) is 0 Å². The second kappa shape index (κ2) is 15.6. The number of hydrogen-bond donors (Lipinski definition) is 2. The van der Waals surface area contributed by atoms with Gasteiger partial charge in [-0.3, -0.25) is 4.46 Å². The molecule has 0 aliphatic heterocycles. The van der Waals surface area contributed by atoms with Gasteiger partial charge in [0.2, 0.25) is 0 Å². The van der Waals surface area contributed by atoms with Gasteiger partial charge in [0.25, 0.3) is 0 Å². The first-order chi connectivity index (χ1) is 2.73. The Hall–Kier alpha value is 1.62. The van der Waals surface area contributed by atoms with E-state index in [1.165, 1.54) is 27.9 Å². The van der Waals surface area contributed by atoms with Crippen LogP contribution < -0.4 is 0 Å². The third kappa shape index (κ3) is 91.9. The molecule has 3 nitrogen and oxygen atoms in total. The second-order valence-electron chi connectivity index (χ2n) is 0.283. The van der Waals surface area contributed by atoms with Crippen molar-refractivity contribution in [2.75, 3.05) is 0 Å². The molecule has 0 atom stereocenters. The maximum atomic E-state index is 8.74. The van der Waals surface area contributed by atoms with E-state index in [9.17, 15) is 0 Å². The molecule has 0 rings (SSSR count). The minimum atomic E-state index is -3.13. The molecule has 2 N–H and O–H groups in total. The van der Waals surface area contributed by atoms with Crippen LogP contribution in [0.25, 0.3) is 0 Å². The van der Waals surface area contributed by atoms with Crippen molar-refractivity contribution in [3.63, 3.8) is 0 Å². The standard InChI is InChI=1S/CH3.2Na.H2O3Si.H/c;;;1-4(2)3;/h1H3;;;1-2H;. The van der Waals surface area contributed by atoms with Crippen molar-refractivity contribution in [1.82, 2.24) is 0 Å². The molecule has 0 aromatic heterocycles. The summed E-state index contributed by atoms with van der Waals surface area (Å²) in [6.45, 7) is 0. The fraction of sp³-hybridized carbons (Fsp3) is 1.00. The van der Waals surface area contributed by atoms with Crippen molar-refractivity contribution in [2.45, 2.75) is 4.17 Å². The van der Waals surface area contributed by atoms with E-state index in [1.807, 2.05) is 0 Å². The van der Waals surface area contributed by atoms with Crippen LogP contribution in [0.2, 0.25) is 4.17 Å². The van der Waals surface area contributed by atoms with Gasteiger partial charge in [0.1, 0.15) is 0 Å². The summed E-state index contributed by atoms with van der Waals surface area (Å²) in [5, 5.41) is 0. The van der Waals surface area contributed by atoms with Crippen LogP contribution >= 0.6 is 0 Å². The summed E-state index contributed by atoms with van der Waals surface area (Å²) in [5.74, 6) is 0. The molecule has 0 spiro atoms. The Bertz CT molecular complexity index is 35.9. The molecule has 34 valence electrons. The topological polar surface area (TPSA) is 57.5 Å². The van der Waals surface area contributed by atoms with Gasteiger partial charge >= 0.3 is 70.8 Å². The molecule has 6 heteroatoms. The summed E-state index contributed by atoms with van der Waals surface area (Å²) in [6.07, 6.45) is 0. The molecule has 0 aromatic rings. The predicted octanol–water partition coefficient (Wildman–Crippen LogP) is -2.06. The summed E-state index contributed by atoms with van der Waals surface area (Å²) in [4.78, 5) is 14.3. The molecule has 0 amide bonds. The Kier molecular flexibility index (Phi) is 35.4. The van der Waals surface area contributed by atoms with E-state index in [4.69, 9.17) is 14.1 Å². The summed E-state index contributed by atoms with van der Waals surface area (Å²) < 4.78 is 10.9. The molecule has 0 bridgehead atoms. The quantitative estimate of drug-likeness (QED) is 0.380. The normalized spacial score (nSPS) is 4.43. The SMILES string of the molecule is O=[Si](O)O.[CH3][Na].[NaH]. The number of rotatable bonds is 0. The molecular formula is CH6Na2O3Si. The monoisotopic (exact) mass is 140 g/mol. The van der Waals surface area contributed by atoms with E-state index in [1.54, 1.807) is 0 Å². The Morgan fingerprint density at radius 3 is 1.43 bits per heavy atom. The van der Waals surface area contributed by atoms with Gasteiger partial charge in [-0.15, -0.1) is 0 Å². The molecule has 0 aliphatic rings. The summed E-state index contributed by atoms with van der Waals surface area (Å²) >= 11 is 1.31. The van der Waals surface area contributed by atoms with E-state index >= 15 is 0 Å². The van der Waals surface area contributed by atoms with E-state index in [2.05, 4.69) is 4.17 Å². The number of hydrogen-bond acceptors (Lipinski definition) is 1. The summed E-state index contributed by atoms with van der Waals surface area (Å²) in [6, 6.07) is 0. The van der Waals surface area contributed by atoms with Crippen molar-refractivity contribution >= 4 is 66.7 Å². The van der Waals surface area contributed by atoms with E-state index < -0.39 is 9.17 Å². The molecule has 0 saturated heterocycles. The van der Waals surface area contributed by atoms with Crippen LogP contribution in [0.5, 0.6) is 0 Å². The average molecular weight is 140 g/mol. The first-order valence-electron chi connectivity index (χ1n) is 1.65. The van der Waals surface area contributed by atoms with Crippen LogP contribution in [-0.4, -0.2) is 76.2 Å². The summed E-state index contributed by atoms with van der Waals surface area (Å²) in [5.41, 5.74) is 0. The molecule has 0 saturated carbocycles. The third-order valence-electron chi connectivity index (χ3n) is 0. The van der Waals surface area contributed by atoms with Crippen molar-refractivity contribution < 1.29 is 14.1 Å². The van der Waals surface area contributed by atoms with Crippen LogP contribution in [0.4, 0.5) is 0 Å². The van der Waals surface area contributed by atoms with Crippen molar-refractivity contribution in [1.29, 1.82) is 0 Å². The van der Waals surface area contributed by atoms with E-state index in [0.29, 0.717) is 0 Å². The van der Waals surface area contributed by atoms with Crippen LogP contribution in [0, 0.1) is 0 Å². The van der Waals surface area contributed by atoms with Crippen LogP contribution in [0.3, 0.4) is 0 Å². The van der Waals surface area contributed by atoms with Gasteiger partial charge in [0, 0.05) is 0 Å². The van der Waals surface area contributed by atoms with E-state index in [-0.39, 0.29) is 29.6 Å². The second-order valence-corrected chi connectivity index (χ2v) is 0.848. The molecular weight excluding hydrogens is 134 g/mol. The van der Waals surface area contributed by atoms with Crippen molar-refractivity contribution in [2.24, 2.45) is 0 Å². The van der Waals surface area contributed by atoms with Gasteiger partial charge in [0.05, 0.1) is 0 Å². The predicted molar refractivity (Wildman–Crippen MR) is 29.6 cm³/mol. The fourth-order valence-electron chi connectivity index (χ4n) is 0. The fourth-order valence-corrected chi connectivity index (χ4v) is 0. The first kappa shape index (κ1) is 15.8. The Labute approximate surface area is 83.7 Å². The maximum absolute atomic E-state index is 8.74. The van der Waals surface area contributed by atoms with Gasteiger partial charge in [-0.1, -0.05) is 0 Å². The Balaban J connectivity index is -0.0000000480.